The van der Waals surface area contributed by atoms with E-state index in [2.05, 4.69) is 26.1 Å². The molecule has 1 heterocycles. The first kappa shape index (κ1) is 23.5. The third kappa shape index (κ3) is 5.65. The molecule has 164 valence electrons. The van der Waals surface area contributed by atoms with Crippen molar-refractivity contribution in [3.8, 4) is 0 Å². The lowest BCUT2D eigenvalue weighted by Gasteiger charge is -2.37. The molecule has 6 heteroatoms. The number of benzene rings is 1. The van der Waals surface area contributed by atoms with Gasteiger partial charge in [-0.25, -0.2) is 0 Å². The fourth-order valence-corrected chi connectivity index (χ4v) is 3.20. The van der Waals surface area contributed by atoms with Crippen LogP contribution in [0.25, 0.3) is 0 Å². The zero-order valence-electron chi connectivity index (χ0n) is 19.4. The van der Waals surface area contributed by atoms with Crippen LogP contribution >= 0.6 is 0 Å². The minimum atomic E-state index is -0.480. The maximum absolute atomic E-state index is 13.2. The first-order valence-electron chi connectivity index (χ1n) is 10.4. The standard InChI is InChI=1S/C24H35N3O3/c1-16(2)17(3)27(23(29)24(4,5)6)15-18-14-19(11-12-20(18)26(7)8)25-22(28)21-10-9-13-30-21/h9-14,16-17H,15H2,1-8H3,(H,25,28)/t17-/m0/s1. The van der Waals surface area contributed by atoms with Gasteiger partial charge in [0, 0.05) is 43.5 Å². The molecule has 6 nitrogen and oxygen atoms in total. The van der Waals surface area contributed by atoms with E-state index >= 15 is 0 Å². The number of anilines is 2. The summed E-state index contributed by atoms with van der Waals surface area (Å²) in [5.74, 6) is 0.382. The van der Waals surface area contributed by atoms with Crippen LogP contribution in [-0.2, 0) is 11.3 Å². The lowest BCUT2D eigenvalue weighted by molar-refractivity contribution is -0.143. The van der Waals surface area contributed by atoms with Gasteiger partial charge in [-0.1, -0.05) is 34.6 Å². The van der Waals surface area contributed by atoms with Gasteiger partial charge < -0.3 is 19.5 Å². The molecule has 0 unspecified atom stereocenters. The molecule has 0 spiro atoms. The molecule has 2 rings (SSSR count). The molecule has 0 aliphatic heterocycles. The number of nitrogens with zero attached hydrogens (tertiary/aromatic N) is 2. The molecule has 0 bridgehead atoms. The molecule has 0 radical (unpaired) electrons. The second-order valence-corrected chi connectivity index (χ2v) is 9.34. The SMILES string of the molecule is CC(C)[C@H](C)N(Cc1cc(NC(=O)c2ccco2)ccc1N(C)C)C(=O)C(C)(C)C. The van der Waals surface area contributed by atoms with E-state index in [1.807, 2.05) is 62.9 Å². The van der Waals surface area contributed by atoms with Crippen LogP contribution in [0.1, 0.15) is 57.7 Å². The Balaban J connectivity index is 2.40. The zero-order chi connectivity index (χ0) is 22.6. The molecule has 0 aliphatic carbocycles. The van der Waals surface area contributed by atoms with E-state index in [4.69, 9.17) is 4.42 Å². The largest absolute Gasteiger partial charge is 0.459 e. The van der Waals surface area contributed by atoms with Gasteiger partial charge in [0.25, 0.3) is 5.91 Å². The van der Waals surface area contributed by atoms with E-state index in [-0.39, 0.29) is 23.6 Å². The quantitative estimate of drug-likeness (QED) is 0.692. The third-order valence-electron chi connectivity index (χ3n) is 5.26. The molecule has 1 aromatic carbocycles. The Morgan fingerprint density at radius 3 is 2.27 bits per heavy atom. The highest BCUT2D eigenvalue weighted by Crippen LogP contribution is 2.29. The van der Waals surface area contributed by atoms with Crippen molar-refractivity contribution in [1.29, 1.82) is 0 Å². The van der Waals surface area contributed by atoms with Gasteiger partial charge in [0.15, 0.2) is 5.76 Å². The summed E-state index contributed by atoms with van der Waals surface area (Å²) in [4.78, 5) is 29.6. The summed E-state index contributed by atoms with van der Waals surface area (Å²) >= 11 is 0. The molecule has 0 aliphatic rings. The fourth-order valence-electron chi connectivity index (χ4n) is 3.20. The van der Waals surface area contributed by atoms with Crippen LogP contribution in [-0.4, -0.2) is 36.9 Å². The molecule has 1 N–H and O–H groups in total. The Kier molecular flexibility index (Phi) is 7.34. The number of amides is 2. The van der Waals surface area contributed by atoms with Crippen molar-refractivity contribution >= 4 is 23.2 Å². The summed E-state index contributed by atoms with van der Waals surface area (Å²) in [6, 6.07) is 9.14. The van der Waals surface area contributed by atoms with Gasteiger partial charge in [-0.2, -0.15) is 0 Å². The Morgan fingerprint density at radius 2 is 1.77 bits per heavy atom. The number of hydrogen-bond donors (Lipinski definition) is 1. The van der Waals surface area contributed by atoms with Crippen LogP contribution in [0.2, 0.25) is 0 Å². The van der Waals surface area contributed by atoms with E-state index in [0.717, 1.165) is 11.3 Å². The van der Waals surface area contributed by atoms with E-state index < -0.39 is 5.41 Å². The van der Waals surface area contributed by atoms with Gasteiger partial charge in [-0.15, -0.1) is 0 Å². The first-order chi connectivity index (χ1) is 13.9. The topological polar surface area (TPSA) is 65.8 Å². The van der Waals surface area contributed by atoms with E-state index in [9.17, 15) is 9.59 Å². The third-order valence-corrected chi connectivity index (χ3v) is 5.26. The Labute approximate surface area is 180 Å². The number of rotatable bonds is 7. The van der Waals surface area contributed by atoms with Crippen molar-refractivity contribution in [2.75, 3.05) is 24.3 Å². The molecule has 1 aromatic heterocycles. The summed E-state index contributed by atoms with van der Waals surface area (Å²) in [5.41, 5.74) is 2.17. The van der Waals surface area contributed by atoms with Crippen molar-refractivity contribution < 1.29 is 14.0 Å². The highest BCUT2D eigenvalue weighted by molar-refractivity contribution is 6.02. The Morgan fingerprint density at radius 1 is 1.10 bits per heavy atom. The van der Waals surface area contributed by atoms with E-state index in [1.54, 1.807) is 12.1 Å². The average molecular weight is 414 g/mol. The van der Waals surface area contributed by atoms with Crippen LogP contribution in [0.4, 0.5) is 11.4 Å². The first-order valence-corrected chi connectivity index (χ1v) is 10.4. The van der Waals surface area contributed by atoms with Crippen LogP contribution in [0.3, 0.4) is 0 Å². The maximum Gasteiger partial charge on any atom is 0.291 e. The van der Waals surface area contributed by atoms with Crippen molar-refractivity contribution in [3.63, 3.8) is 0 Å². The number of nitrogens with one attached hydrogen (secondary N) is 1. The Bertz CT molecular complexity index is 864. The average Bonchev–Trinajstić information content (AvgIpc) is 3.19. The number of furan rings is 1. The van der Waals surface area contributed by atoms with Crippen molar-refractivity contribution in [3.05, 3.63) is 47.9 Å². The lowest BCUT2D eigenvalue weighted by Crippen LogP contribution is -2.46. The predicted molar refractivity (Wildman–Crippen MR) is 122 cm³/mol. The minimum Gasteiger partial charge on any atom is -0.459 e. The van der Waals surface area contributed by atoms with Crippen LogP contribution in [0.15, 0.2) is 41.0 Å². The summed E-state index contributed by atoms with van der Waals surface area (Å²) in [6.07, 6.45) is 1.47. The molecular weight excluding hydrogens is 378 g/mol. The number of hydrogen-bond acceptors (Lipinski definition) is 4. The molecule has 1 atom stereocenters. The summed E-state index contributed by atoms with van der Waals surface area (Å²) in [5, 5.41) is 2.88. The van der Waals surface area contributed by atoms with Crippen LogP contribution < -0.4 is 10.2 Å². The molecule has 2 amide bonds. The second-order valence-electron chi connectivity index (χ2n) is 9.34. The summed E-state index contributed by atoms with van der Waals surface area (Å²) in [7, 11) is 3.95. The highest BCUT2D eigenvalue weighted by atomic mass is 16.3. The smallest absolute Gasteiger partial charge is 0.291 e. The monoisotopic (exact) mass is 413 g/mol. The molecule has 2 aromatic rings. The van der Waals surface area contributed by atoms with Crippen LogP contribution in [0, 0.1) is 11.3 Å². The fraction of sp³-hybridized carbons (Fsp3) is 0.500. The molecule has 0 saturated carbocycles. The van der Waals surface area contributed by atoms with Gasteiger partial charge in [0.05, 0.1) is 6.26 Å². The van der Waals surface area contributed by atoms with Crippen molar-refractivity contribution in [1.82, 2.24) is 4.90 Å². The summed E-state index contributed by atoms with van der Waals surface area (Å²) < 4.78 is 5.18. The number of carbonyl (C=O) groups excluding carboxylic acids is 2. The number of carbonyl (C=O) groups is 2. The van der Waals surface area contributed by atoms with E-state index in [1.165, 1.54) is 6.26 Å². The van der Waals surface area contributed by atoms with E-state index in [0.29, 0.717) is 18.2 Å². The van der Waals surface area contributed by atoms with Crippen molar-refractivity contribution in [2.24, 2.45) is 11.3 Å². The summed E-state index contributed by atoms with van der Waals surface area (Å²) in [6.45, 7) is 12.6. The van der Waals surface area contributed by atoms with Gasteiger partial charge in [-0.3, -0.25) is 9.59 Å². The van der Waals surface area contributed by atoms with Gasteiger partial charge in [0.2, 0.25) is 5.91 Å². The van der Waals surface area contributed by atoms with Crippen LogP contribution in [0.5, 0.6) is 0 Å². The highest BCUT2D eigenvalue weighted by Gasteiger charge is 2.32. The van der Waals surface area contributed by atoms with Crippen molar-refractivity contribution in [2.45, 2.75) is 54.1 Å². The van der Waals surface area contributed by atoms with Gasteiger partial charge in [0.1, 0.15) is 0 Å². The van der Waals surface area contributed by atoms with Gasteiger partial charge in [-0.05, 0) is 48.7 Å². The predicted octanol–water partition coefficient (Wildman–Crippen LogP) is 5.02. The van der Waals surface area contributed by atoms with Gasteiger partial charge >= 0.3 is 0 Å². The molecular formula is C24H35N3O3. The second kappa shape index (κ2) is 9.37. The molecule has 0 saturated heterocycles. The lowest BCUT2D eigenvalue weighted by atomic mass is 9.92. The minimum absolute atomic E-state index is 0.0769. The molecule has 0 fully saturated rings. The maximum atomic E-state index is 13.2. The Hall–Kier alpha value is -2.76. The molecule has 30 heavy (non-hydrogen) atoms. The normalized spacial score (nSPS) is 12.6. The zero-order valence-corrected chi connectivity index (χ0v) is 19.4.